The van der Waals surface area contributed by atoms with Gasteiger partial charge in [-0.1, -0.05) is 12.1 Å². The van der Waals surface area contributed by atoms with Gasteiger partial charge in [-0.25, -0.2) is 4.68 Å². The van der Waals surface area contributed by atoms with Crippen molar-refractivity contribution in [3.63, 3.8) is 0 Å². The van der Waals surface area contributed by atoms with Crippen molar-refractivity contribution < 1.29 is 14.6 Å². The lowest BCUT2D eigenvalue weighted by Gasteiger charge is -2.14. The largest absolute Gasteiger partial charge is 0.497 e. The Morgan fingerprint density at radius 2 is 2.05 bits per heavy atom. The van der Waals surface area contributed by atoms with Crippen molar-refractivity contribution >= 4 is 15.9 Å². The topological polar surface area (TPSA) is 73.6 Å². The Hall–Kier alpha value is -1.86. The van der Waals surface area contributed by atoms with Crippen molar-refractivity contribution in [2.24, 2.45) is 0 Å². The number of hydrogen-bond acceptors (Lipinski definition) is 5. The summed E-state index contributed by atoms with van der Waals surface area (Å²) in [5, 5.41) is 13.1. The zero-order valence-corrected chi connectivity index (χ0v) is 13.9. The van der Waals surface area contributed by atoms with E-state index in [2.05, 4.69) is 21.0 Å². The molecule has 0 spiro atoms. The minimum atomic E-state index is -0.407. The minimum Gasteiger partial charge on any atom is -0.497 e. The highest BCUT2D eigenvalue weighted by atomic mass is 79.9. The predicted molar refractivity (Wildman–Crippen MR) is 85.5 cm³/mol. The van der Waals surface area contributed by atoms with Gasteiger partial charge in [-0.15, -0.1) is 0 Å². The Kier molecular flexibility index (Phi) is 5.57. The van der Waals surface area contributed by atoms with E-state index in [1.165, 1.54) is 10.9 Å². The maximum Gasteiger partial charge on any atom is 0.285 e. The molecule has 0 aliphatic heterocycles. The molecule has 0 fully saturated rings. The van der Waals surface area contributed by atoms with Crippen LogP contribution >= 0.6 is 15.9 Å². The summed E-state index contributed by atoms with van der Waals surface area (Å²) in [6.07, 6.45) is 1.05. The molecule has 0 amide bonds. The lowest BCUT2D eigenvalue weighted by atomic mass is 10.2. The summed E-state index contributed by atoms with van der Waals surface area (Å²) in [5.41, 5.74) is 0.637. The molecule has 6 nitrogen and oxygen atoms in total. The molecule has 1 N–H and O–H groups in total. The summed E-state index contributed by atoms with van der Waals surface area (Å²) >= 11 is 3.22. The van der Waals surface area contributed by atoms with Crippen molar-refractivity contribution in [2.45, 2.75) is 19.6 Å². The van der Waals surface area contributed by atoms with Crippen molar-refractivity contribution in [2.75, 3.05) is 13.7 Å². The first kappa shape index (κ1) is 16.5. The summed E-state index contributed by atoms with van der Waals surface area (Å²) in [5.74, 6) is 1.07. The van der Waals surface area contributed by atoms with E-state index in [1.54, 1.807) is 14.0 Å². The van der Waals surface area contributed by atoms with Crippen LogP contribution in [0, 0.1) is 0 Å². The van der Waals surface area contributed by atoms with E-state index >= 15 is 0 Å². The van der Waals surface area contributed by atoms with Gasteiger partial charge in [0, 0.05) is 0 Å². The van der Waals surface area contributed by atoms with Crippen LogP contribution in [0.15, 0.2) is 39.7 Å². The number of benzene rings is 1. The molecule has 1 aromatic carbocycles. The third kappa shape index (κ3) is 3.86. The molecule has 0 aliphatic carbocycles. The van der Waals surface area contributed by atoms with Gasteiger partial charge in [0.05, 0.1) is 26.5 Å². The Morgan fingerprint density at radius 1 is 1.36 bits per heavy atom. The molecule has 0 saturated heterocycles. The van der Waals surface area contributed by atoms with Gasteiger partial charge in [0.2, 0.25) is 0 Å². The standard InChI is InChI=1S/C15H17BrN2O4/c1-10(9-19)22-13-7-17-18(15(20)14(13)16)8-11-3-5-12(21-2)6-4-11/h3-7,10,19H,8-9H2,1-2H3/t10-/m0/s1. The lowest BCUT2D eigenvalue weighted by Crippen LogP contribution is -2.26. The molecule has 22 heavy (non-hydrogen) atoms. The second-order valence-electron chi connectivity index (χ2n) is 4.74. The molecule has 2 rings (SSSR count). The molecule has 0 unspecified atom stereocenters. The fraction of sp³-hybridized carbons (Fsp3) is 0.333. The van der Waals surface area contributed by atoms with Crippen molar-refractivity contribution in [3.05, 3.63) is 50.9 Å². The molecular weight excluding hydrogens is 352 g/mol. The van der Waals surface area contributed by atoms with Crippen LogP contribution < -0.4 is 15.0 Å². The summed E-state index contributed by atoms with van der Waals surface area (Å²) < 4.78 is 12.1. The van der Waals surface area contributed by atoms with Crippen LogP contribution in [-0.4, -0.2) is 34.7 Å². The SMILES string of the molecule is COc1ccc(Cn2ncc(O[C@@H](C)CO)c(Br)c2=O)cc1. The highest BCUT2D eigenvalue weighted by Crippen LogP contribution is 2.20. The van der Waals surface area contributed by atoms with Gasteiger partial charge in [-0.3, -0.25) is 4.79 Å². The molecule has 1 heterocycles. The Bertz CT molecular complexity index is 685. The van der Waals surface area contributed by atoms with E-state index in [9.17, 15) is 4.79 Å². The molecule has 0 radical (unpaired) electrons. The van der Waals surface area contributed by atoms with Crippen LogP contribution in [0.3, 0.4) is 0 Å². The van der Waals surface area contributed by atoms with E-state index in [-0.39, 0.29) is 16.6 Å². The number of methoxy groups -OCH3 is 1. The number of nitrogens with zero attached hydrogens (tertiary/aromatic N) is 2. The monoisotopic (exact) mass is 368 g/mol. The van der Waals surface area contributed by atoms with Crippen LogP contribution in [0.5, 0.6) is 11.5 Å². The predicted octanol–water partition coefficient (Wildman–Crippen LogP) is 1.82. The van der Waals surface area contributed by atoms with Crippen LogP contribution in [0.25, 0.3) is 0 Å². The zero-order valence-electron chi connectivity index (χ0n) is 12.3. The lowest BCUT2D eigenvalue weighted by molar-refractivity contribution is 0.128. The summed E-state index contributed by atoms with van der Waals surface area (Å²) in [6.45, 7) is 1.91. The molecule has 1 aromatic heterocycles. The van der Waals surface area contributed by atoms with E-state index in [1.807, 2.05) is 24.3 Å². The highest BCUT2D eigenvalue weighted by molar-refractivity contribution is 9.10. The van der Waals surface area contributed by atoms with Crippen molar-refractivity contribution in [1.29, 1.82) is 0 Å². The smallest absolute Gasteiger partial charge is 0.285 e. The third-order valence-corrected chi connectivity index (χ3v) is 3.76. The van der Waals surface area contributed by atoms with Gasteiger partial charge in [-0.2, -0.15) is 5.10 Å². The van der Waals surface area contributed by atoms with E-state index < -0.39 is 6.10 Å². The Balaban J connectivity index is 2.21. The maximum atomic E-state index is 12.3. The molecule has 118 valence electrons. The molecular formula is C15H17BrN2O4. The van der Waals surface area contributed by atoms with E-state index in [4.69, 9.17) is 14.6 Å². The average molecular weight is 369 g/mol. The summed E-state index contributed by atoms with van der Waals surface area (Å²) in [7, 11) is 1.60. The van der Waals surface area contributed by atoms with Gasteiger partial charge >= 0.3 is 0 Å². The normalized spacial score (nSPS) is 12.0. The Morgan fingerprint density at radius 3 is 2.64 bits per heavy atom. The van der Waals surface area contributed by atoms with Crippen LogP contribution in [0.2, 0.25) is 0 Å². The quantitative estimate of drug-likeness (QED) is 0.841. The van der Waals surface area contributed by atoms with Gasteiger partial charge in [0.1, 0.15) is 16.3 Å². The van der Waals surface area contributed by atoms with Crippen LogP contribution in [0.1, 0.15) is 12.5 Å². The number of hydrogen-bond donors (Lipinski definition) is 1. The first-order valence-corrected chi connectivity index (χ1v) is 7.50. The van der Waals surface area contributed by atoms with Gasteiger partial charge < -0.3 is 14.6 Å². The minimum absolute atomic E-state index is 0.138. The van der Waals surface area contributed by atoms with Crippen LogP contribution in [0.4, 0.5) is 0 Å². The first-order chi connectivity index (χ1) is 10.5. The van der Waals surface area contributed by atoms with Crippen LogP contribution in [-0.2, 0) is 6.54 Å². The van der Waals surface area contributed by atoms with Crippen molar-refractivity contribution in [3.8, 4) is 11.5 Å². The fourth-order valence-electron chi connectivity index (χ4n) is 1.80. The summed E-state index contributed by atoms with van der Waals surface area (Å²) in [6, 6.07) is 7.41. The number of rotatable bonds is 6. The average Bonchev–Trinajstić information content (AvgIpc) is 2.55. The highest BCUT2D eigenvalue weighted by Gasteiger charge is 2.12. The maximum absolute atomic E-state index is 12.3. The summed E-state index contributed by atoms with van der Waals surface area (Å²) in [4.78, 5) is 12.3. The fourth-order valence-corrected chi connectivity index (χ4v) is 2.20. The molecule has 7 heteroatoms. The second-order valence-corrected chi connectivity index (χ2v) is 5.54. The molecule has 1 atom stereocenters. The van der Waals surface area contributed by atoms with Gasteiger partial charge in [-0.05, 0) is 40.5 Å². The van der Waals surface area contributed by atoms with E-state index in [0.29, 0.717) is 12.3 Å². The molecule has 0 saturated carbocycles. The number of aliphatic hydroxyl groups is 1. The molecule has 0 aliphatic rings. The number of aliphatic hydroxyl groups excluding tert-OH is 1. The first-order valence-electron chi connectivity index (χ1n) is 6.71. The number of aromatic nitrogens is 2. The van der Waals surface area contributed by atoms with E-state index in [0.717, 1.165) is 11.3 Å². The third-order valence-electron chi connectivity index (χ3n) is 3.03. The number of ether oxygens (including phenoxy) is 2. The van der Waals surface area contributed by atoms with Gasteiger partial charge in [0.25, 0.3) is 5.56 Å². The molecule has 2 aromatic rings. The second kappa shape index (κ2) is 7.42. The van der Waals surface area contributed by atoms with Crippen molar-refractivity contribution in [1.82, 2.24) is 9.78 Å². The Labute approximate surface area is 136 Å². The zero-order chi connectivity index (χ0) is 16.1. The van der Waals surface area contributed by atoms with Gasteiger partial charge in [0.15, 0.2) is 5.75 Å². The molecule has 0 bridgehead atoms. The number of halogens is 1.